The average molecular weight is 387 g/mol. The van der Waals surface area contributed by atoms with Gasteiger partial charge in [-0.05, 0) is 66.7 Å². The average Bonchev–Trinajstić information content (AvgIpc) is 2.68. The Bertz CT molecular complexity index is 983. The smallest absolute Gasteiger partial charge is 0.203 e. The number of benzene rings is 3. The number of halogens is 3. The number of Topliss-reactive ketones (excluding diaryl/α,β-unsaturated/α-hetero) is 1. The number of ketones is 2. The SMILES string of the molecule is O=C(c1ccc(Cl)cc1)c1ccc(OCC(=O)c2cc(F)ccc2F)cc1. The van der Waals surface area contributed by atoms with Crippen molar-refractivity contribution in [1.82, 2.24) is 0 Å². The standard InChI is InChI=1S/C21H13ClF2O3/c22-15-5-1-13(2-6-15)21(26)14-3-8-17(9-4-14)27-12-20(25)18-11-16(23)7-10-19(18)24/h1-11H,12H2. The summed E-state index contributed by atoms with van der Waals surface area (Å²) in [5.41, 5.74) is 0.557. The number of hydrogen-bond donors (Lipinski definition) is 0. The Morgan fingerprint density at radius 2 is 1.44 bits per heavy atom. The minimum absolute atomic E-state index is 0.184. The summed E-state index contributed by atoms with van der Waals surface area (Å²) in [7, 11) is 0. The molecule has 0 radical (unpaired) electrons. The van der Waals surface area contributed by atoms with Gasteiger partial charge in [0.1, 0.15) is 17.4 Å². The van der Waals surface area contributed by atoms with E-state index in [9.17, 15) is 18.4 Å². The molecule has 0 aliphatic heterocycles. The second-order valence-corrected chi connectivity index (χ2v) is 6.13. The van der Waals surface area contributed by atoms with E-state index in [0.717, 1.165) is 18.2 Å². The van der Waals surface area contributed by atoms with Crippen molar-refractivity contribution >= 4 is 23.2 Å². The molecule has 0 aliphatic carbocycles. The van der Waals surface area contributed by atoms with Crippen LogP contribution >= 0.6 is 11.6 Å². The Kier molecular flexibility index (Phi) is 5.62. The van der Waals surface area contributed by atoms with Crippen LogP contribution in [0.3, 0.4) is 0 Å². The number of rotatable bonds is 6. The molecule has 0 bridgehead atoms. The highest BCUT2D eigenvalue weighted by Gasteiger charge is 2.14. The van der Waals surface area contributed by atoms with E-state index in [1.165, 1.54) is 12.1 Å². The zero-order chi connectivity index (χ0) is 19.4. The lowest BCUT2D eigenvalue weighted by atomic mass is 10.0. The number of carbonyl (C=O) groups is 2. The van der Waals surface area contributed by atoms with Crippen molar-refractivity contribution in [2.24, 2.45) is 0 Å². The molecule has 0 saturated heterocycles. The minimum atomic E-state index is -0.811. The lowest BCUT2D eigenvalue weighted by Gasteiger charge is -2.07. The molecule has 0 spiro atoms. The summed E-state index contributed by atoms with van der Waals surface area (Å²) < 4.78 is 32.0. The predicted molar refractivity (Wildman–Crippen MR) is 97.5 cm³/mol. The molecule has 0 heterocycles. The highest BCUT2D eigenvalue weighted by atomic mass is 35.5. The van der Waals surface area contributed by atoms with Crippen LogP contribution in [0.4, 0.5) is 8.78 Å². The Morgan fingerprint density at radius 1 is 0.852 bits per heavy atom. The minimum Gasteiger partial charge on any atom is -0.485 e. The summed E-state index contributed by atoms with van der Waals surface area (Å²) in [6, 6.07) is 15.3. The first kappa shape index (κ1) is 18.7. The van der Waals surface area contributed by atoms with Gasteiger partial charge in [-0.1, -0.05) is 11.6 Å². The van der Waals surface area contributed by atoms with Gasteiger partial charge in [-0.15, -0.1) is 0 Å². The van der Waals surface area contributed by atoms with E-state index in [4.69, 9.17) is 16.3 Å². The van der Waals surface area contributed by atoms with Crippen LogP contribution in [-0.4, -0.2) is 18.2 Å². The molecule has 0 fully saturated rings. The third kappa shape index (κ3) is 4.57. The molecule has 3 aromatic carbocycles. The highest BCUT2D eigenvalue weighted by Crippen LogP contribution is 2.18. The Morgan fingerprint density at radius 3 is 2.07 bits per heavy atom. The van der Waals surface area contributed by atoms with Crippen LogP contribution in [0, 0.1) is 11.6 Å². The monoisotopic (exact) mass is 386 g/mol. The van der Waals surface area contributed by atoms with Crippen molar-refractivity contribution in [3.63, 3.8) is 0 Å². The molecule has 0 saturated carbocycles. The van der Waals surface area contributed by atoms with E-state index in [1.54, 1.807) is 36.4 Å². The molecule has 3 rings (SSSR count). The van der Waals surface area contributed by atoms with Crippen LogP contribution in [0.5, 0.6) is 5.75 Å². The van der Waals surface area contributed by atoms with Gasteiger partial charge in [0.25, 0.3) is 0 Å². The quantitative estimate of drug-likeness (QED) is 0.553. The Hall–Kier alpha value is -3.05. The van der Waals surface area contributed by atoms with Crippen LogP contribution in [0.15, 0.2) is 66.7 Å². The van der Waals surface area contributed by atoms with Crippen LogP contribution in [0.25, 0.3) is 0 Å². The van der Waals surface area contributed by atoms with Gasteiger partial charge < -0.3 is 4.74 Å². The second-order valence-electron chi connectivity index (χ2n) is 5.70. The maximum atomic E-state index is 13.6. The van der Waals surface area contributed by atoms with E-state index in [-0.39, 0.29) is 11.3 Å². The van der Waals surface area contributed by atoms with Gasteiger partial charge in [-0.25, -0.2) is 8.78 Å². The third-order valence-corrected chi connectivity index (χ3v) is 4.07. The molecule has 0 N–H and O–H groups in total. The van der Waals surface area contributed by atoms with Gasteiger partial charge in [-0.3, -0.25) is 9.59 Å². The van der Waals surface area contributed by atoms with Crippen molar-refractivity contribution in [1.29, 1.82) is 0 Å². The lowest BCUT2D eigenvalue weighted by molar-refractivity contribution is 0.0916. The van der Waals surface area contributed by atoms with Gasteiger partial charge in [0.05, 0.1) is 5.56 Å². The predicted octanol–water partition coefficient (Wildman–Crippen LogP) is 5.11. The van der Waals surface area contributed by atoms with Gasteiger partial charge in [-0.2, -0.15) is 0 Å². The fraction of sp³-hybridized carbons (Fsp3) is 0.0476. The van der Waals surface area contributed by atoms with E-state index in [0.29, 0.717) is 21.9 Å². The highest BCUT2D eigenvalue weighted by molar-refractivity contribution is 6.30. The first-order valence-electron chi connectivity index (χ1n) is 7.95. The number of hydrogen-bond acceptors (Lipinski definition) is 3. The fourth-order valence-corrected chi connectivity index (χ4v) is 2.53. The van der Waals surface area contributed by atoms with Gasteiger partial charge in [0.15, 0.2) is 12.4 Å². The fourth-order valence-electron chi connectivity index (χ4n) is 2.41. The molecule has 136 valence electrons. The van der Waals surface area contributed by atoms with E-state index in [2.05, 4.69) is 0 Å². The van der Waals surface area contributed by atoms with Crippen molar-refractivity contribution in [3.05, 3.63) is 100 Å². The van der Waals surface area contributed by atoms with Gasteiger partial charge >= 0.3 is 0 Å². The summed E-state index contributed by atoms with van der Waals surface area (Å²) in [5.74, 6) is -2.06. The second kappa shape index (κ2) is 8.10. The molecule has 0 amide bonds. The normalized spacial score (nSPS) is 10.5. The zero-order valence-corrected chi connectivity index (χ0v) is 14.7. The number of carbonyl (C=O) groups excluding carboxylic acids is 2. The van der Waals surface area contributed by atoms with Crippen molar-refractivity contribution in [2.45, 2.75) is 0 Å². The molecule has 0 unspecified atom stereocenters. The largest absolute Gasteiger partial charge is 0.485 e. The molecule has 0 aliphatic rings. The molecule has 0 aromatic heterocycles. The zero-order valence-electron chi connectivity index (χ0n) is 13.9. The van der Waals surface area contributed by atoms with E-state index >= 15 is 0 Å². The molecular weight excluding hydrogens is 374 g/mol. The Labute approximate surface area is 159 Å². The maximum Gasteiger partial charge on any atom is 0.203 e. The molecule has 0 atom stereocenters. The van der Waals surface area contributed by atoms with Gasteiger partial charge in [0.2, 0.25) is 5.78 Å². The maximum absolute atomic E-state index is 13.6. The van der Waals surface area contributed by atoms with Crippen LogP contribution in [-0.2, 0) is 0 Å². The number of ether oxygens (including phenoxy) is 1. The summed E-state index contributed by atoms with van der Waals surface area (Å²) >= 11 is 5.81. The van der Waals surface area contributed by atoms with Gasteiger partial charge in [0, 0.05) is 16.1 Å². The lowest BCUT2D eigenvalue weighted by Crippen LogP contribution is -2.13. The Balaban J connectivity index is 1.65. The van der Waals surface area contributed by atoms with E-state index < -0.39 is 24.0 Å². The van der Waals surface area contributed by atoms with Crippen molar-refractivity contribution in [3.8, 4) is 5.75 Å². The van der Waals surface area contributed by atoms with Crippen LogP contribution in [0.2, 0.25) is 5.02 Å². The third-order valence-electron chi connectivity index (χ3n) is 3.82. The molecule has 3 aromatic rings. The summed E-state index contributed by atoms with van der Waals surface area (Å²) in [6.45, 7) is -0.454. The summed E-state index contributed by atoms with van der Waals surface area (Å²) in [4.78, 5) is 24.4. The summed E-state index contributed by atoms with van der Waals surface area (Å²) in [6.07, 6.45) is 0. The molecule has 6 heteroatoms. The van der Waals surface area contributed by atoms with Crippen LogP contribution < -0.4 is 4.74 Å². The topological polar surface area (TPSA) is 43.4 Å². The first-order valence-corrected chi connectivity index (χ1v) is 8.33. The first-order chi connectivity index (χ1) is 12.9. The van der Waals surface area contributed by atoms with E-state index in [1.807, 2.05) is 0 Å². The molecule has 27 heavy (non-hydrogen) atoms. The summed E-state index contributed by atoms with van der Waals surface area (Å²) in [5, 5.41) is 0.537. The molecule has 3 nitrogen and oxygen atoms in total. The van der Waals surface area contributed by atoms with Crippen molar-refractivity contribution < 1.29 is 23.1 Å². The molecular formula is C21H13ClF2O3. The van der Waals surface area contributed by atoms with Crippen molar-refractivity contribution in [2.75, 3.05) is 6.61 Å². The van der Waals surface area contributed by atoms with Crippen LogP contribution in [0.1, 0.15) is 26.3 Å².